The number of rotatable bonds is 3. The Kier molecular flexibility index (Phi) is 3.58. The summed E-state index contributed by atoms with van der Waals surface area (Å²) in [5, 5.41) is 5.82. The van der Waals surface area contributed by atoms with Gasteiger partial charge in [-0.15, -0.1) is 11.3 Å². The fourth-order valence-electron chi connectivity index (χ4n) is 2.71. The van der Waals surface area contributed by atoms with E-state index in [0.717, 1.165) is 25.3 Å². The van der Waals surface area contributed by atoms with Crippen molar-refractivity contribution < 1.29 is 4.74 Å². The van der Waals surface area contributed by atoms with Crippen molar-refractivity contribution in [2.24, 2.45) is 0 Å². The zero-order chi connectivity index (χ0) is 13.2. The minimum atomic E-state index is 0.347. The first-order valence-electron chi connectivity index (χ1n) is 6.82. The van der Waals surface area contributed by atoms with E-state index in [0.29, 0.717) is 6.04 Å². The molecule has 2 aromatic rings. The predicted molar refractivity (Wildman–Crippen MR) is 80.2 cm³/mol. The minimum Gasteiger partial charge on any atom is -0.494 e. The highest BCUT2D eigenvalue weighted by molar-refractivity contribution is 7.10. The van der Waals surface area contributed by atoms with E-state index in [9.17, 15) is 0 Å². The summed E-state index contributed by atoms with van der Waals surface area (Å²) >= 11 is 1.84. The second-order valence-electron chi connectivity index (χ2n) is 4.90. The van der Waals surface area contributed by atoms with Crippen LogP contribution in [0.4, 0.5) is 0 Å². The van der Waals surface area contributed by atoms with Gasteiger partial charge in [0.25, 0.3) is 0 Å². The van der Waals surface area contributed by atoms with Gasteiger partial charge in [0, 0.05) is 11.4 Å². The summed E-state index contributed by atoms with van der Waals surface area (Å²) in [6.45, 7) is 5.98. The average molecular weight is 273 g/mol. The van der Waals surface area contributed by atoms with E-state index in [1.807, 2.05) is 18.3 Å². The maximum Gasteiger partial charge on any atom is 0.119 e. The molecular formula is C16H19NOS. The zero-order valence-corrected chi connectivity index (χ0v) is 12.2. The topological polar surface area (TPSA) is 21.3 Å². The minimum absolute atomic E-state index is 0.347. The Hall–Kier alpha value is -1.32. The molecule has 3 heteroatoms. The lowest BCUT2D eigenvalue weighted by Gasteiger charge is -2.27. The predicted octanol–water partition coefficient (Wildman–Crippen LogP) is 3.69. The highest BCUT2D eigenvalue weighted by Gasteiger charge is 2.23. The first-order chi connectivity index (χ1) is 9.29. The molecule has 1 N–H and O–H groups in total. The first kappa shape index (κ1) is 12.7. The number of ether oxygens (including phenoxy) is 1. The molecule has 0 amide bonds. The Balaban J connectivity index is 1.99. The fraction of sp³-hybridized carbons (Fsp3) is 0.375. The maximum atomic E-state index is 5.60. The molecule has 1 aromatic heterocycles. The normalized spacial score (nSPS) is 18.1. The first-order valence-corrected chi connectivity index (χ1v) is 7.70. The molecule has 0 fully saturated rings. The van der Waals surface area contributed by atoms with Crippen molar-refractivity contribution in [1.29, 1.82) is 0 Å². The smallest absolute Gasteiger partial charge is 0.119 e. The van der Waals surface area contributed by atoms with E-state index >= 15 is 0 Å². The lowest BCUT2D eigenvalue weighted by molar-refractivity contribution is 0.339. The molecule has 0 saturated heterocycles. The molecule has 1 aliphatic rings. The number of aryl methyl sites for hydroxylation is 1. The van der Waals surface area contributed by atoms with Gasteiger partial charge in [-0.3, -0.25) is 0 Å². The van der Waals surface area contributed by atoms with Crippen LogP contribution < -0.4 is 10.1 Å². The Morgan fingerprint density at radius 1 is 1.37 bits per heavy atom. The number of hydrogen-bond donors (Lipinski definition) is 1. The third-order valence-corrected chi connectivity index (χ3v) is 4.73. The Morgan fingerprint density at radius 2 is 2.26 bits per heavy atom. The van der Waals surface area contributed by atoms with E-state index in [2.05, 4.69) is 41.9 Å². The van der Waals surface area contributed by atoms with Crippen molar-refractivity contribution >= 4 is 11.3 Å². The summed E-state index contributed by atoms with van der Waals surface area (Å²) in [4.78, 5) is 1.44. The van der Waals surface area contributed by atoms with Crippen LogP contribution in [-0.2, 0) is 6.42 Å². The lowest BCUT2D eigenvalue weighted by atomic mass is 9.92. The number of nitrogens with one attached hydrogen (secondary N) is 1. The lowest BCUT2D eigenvalue weighted by Crippen LogP contribution is -2.30. The van der Waals surface area contributed by atoms with Gasteiger partial charge in [0.15, 0.2) is 0 Å². The molecule has 0 radical (unpaired) electrons. The van der Waals surface area contributed by atoms with Crippen molar-refractivity contribution in [1.82, 2.24) is 5.32 Å². The van der Waals surface area contributed by atoms with Gasteiger partial charge in [-0.05, 0) is 60.5 Å². The second-order valence-corrected chi connectivity index (χ2v) is 5.85. The summed E-state index contributed by atoms with van der Waals surface area (Å²) in [7, 11) is 0. The van der Waals surface area contributed by atoms with Gasteiger partial charge >= 0.3 is 0 Å². The monoisotopic (exact) mass is 273 g/mol. The van der Waals surface area contributed by atoms with E-state index < -0.39 is 0 Å². The molecule has 19 heavy (non-hydrogen) atoms. The SMILES string of the molecule is CCOc1ccc2c(c1)CCNC2c1sccc1C. The number of fused-ring (bicyclic) bond motifs is 1. The quantitative estimate of drug-likeness (QED) is 0.921. The van der Waals surface area contributed by atoms with Crippen LogP contribution in [0.25, 0.3) is 0 Å². The average Bonchev–Trinajstić information content (AvgIpc) is 2.84. The highest BCUT2D eigenvalue weighted by Crippen LogP contribution is 2.35. The summed E-state index contributed by atoms with van der Waals surface area (Å²) < 4.78 is 5.60. The van der Waals surface area contributed by atoms with Crippen LogP contribution in [0.3, 0.4) is 0 Å². The van der Waals surface area contributed by atoms with E-state index in [-0.39, 0.29) is 0 Å². The maximum absolute atomic E-state index is 5.60. The van der Waals surface area contributed by atoms with Crippen LogP contribution in [0.15, 0.2) is 29.6 Å². The molecule has 0 aliphatic carbocycles. The van der Waals surface area contributed by atoms with E-state index in [1.165, 1.54) is 21.6 Å². The molecule has 0 saturated carbocycles. The highest BCUT2D eigenvalue weighted by atomic mass is 32.1. The fourth-order valence-corrected chi connectivity index (χ4v) is 3.73. The van der Waals surface area contributed by atoms with Crippen molar-refractivity contribution in [2.75, 3.05) is 13.2 Å². The standard InChI is InChI=1S/C16H19NOS/c1-3-18-13-4-5-14-12(10-13)6-8-17-15(14)16-11(2)7-9-19-16/h4-5,7,9-10,15,17H,3,6,8H2,1-2H3. The number of benzene rings is 1. The van der Waals surface area contributed by atoms with Gasteiger partial charge in [-0.25, -0.2) is 0 Å². The summed E-state index contributed by atoms with van der Waals surface area (Å²) in [5.74, 6) is 0.991. The second kappa shape index (κ2) is 5.35. The van der Waals surface area contributed by atoms with Crippen LogP contribution >= 0.6 is 11.3 Å². The van der Waals surface area contributed by atoms with Gasteiger partial charge in [-0.2, -0.15) is 0 Å². The molecule has 0 bridgehead atoms. The Labute approximate surface area is 118 Å². The molecule has 0 spiro atoms. The molecule has 100 valence electrons. The van der Waals surface area contributed by atoms with E-state index in [1.54, 1.807) is 0 Å². The molecule has 1 aliphatic heterocycles. The molecular weight excluding hydrogens is 254 g/mol. The van der Waals surface area contributed by atoms with Crippen molar-refractivity contribution in [3.63, 3.8) is 0 Å². The third kappa shape index (κ3) is 2.40. The van der Waals surface area contributed by atoms with Crippen LogP contribution in [0.5, 0.6) is 5.75 Å². The molecule has 2 nitrogen and oxygen atoms in total. The molecule has 3 rings (SSSR count). The van der Waals surface area contributed by atoms with E-state index in [4.69, 9.17) is 4.74 Å². The van der Waals surface area contributed by atoms with Crippen LogP contribution in [0, 0.1) is 6.92 Å². The van der Waals surface area contributed by atoms with Crippen molar-refractivity contribution in [2.45, 2.75) is 26.3 Å². The van der Waals surface area contributed by atoms with Crippen molar-refractivity contribution in [3.05, 3.63) is 51.2 Å². The van der Waals surface area contributed by atoms with Crippen LogP contribution in [0.2, 0.25) is 0 Å². The van der Waals surface area contributed by atoms with Gasteiger partial charge < -0.3 is 10.1 Å². The summed E-state index contributed by atoms with van der Waals surface area (Å²) in [5.41, 5.74) is 4.20. The van der Waals surface area contributed by atoms with Gasteiger partial charge in [0.05, 0.1) is 12.6 Å². The number of thiophene rings is 1. The summed E-state index contributed by atoms with van der Waals surface area (Å²) in [6.07, 6.45) is 1.08. The zero-order valence-electron chi connectivity index (χ0n) is 11.4. The molecule has 1 unspecified atom stereocenters. The van der Waals surface area contributed by atoms with Gasteiger partial charge in [-0.1, -0.05) is 6.07 Å². The Morgan fingerprint density at radius 3 is 3.00 bits per heavy atom. The van der Waals surface area contributed by atoms with Crippen LogP contribution in [0.1, 0.15) is 34.5 Å². The van der Waals surface area contributed by atoms with Crippen molar-refractivity contribution in [3.8, 4) is 5.75 Å². The van der Waals surface area contributed by atoms with Gasteiger partial charge in [0.1, 0.15) is 5.75 Å². The Bertz CT molecular complexity index is 576. The third-order valence-electron chi connectivity index (χ3n) is 3.64. The van der Waals surface area contributed by atoms with Gasteiger partial charge in [0.2, 0.25) is 0 Å². The molecule has 1 aromatic carbocycles. The van der Waals surface area contributed by atoms with Crippen LogP contribution in [-0.4, -0.2) is 13.2 Å². The largest absolute Gasteiger partial charge is 0.494 e. The number of hydrogen-bond acceptors (Lipinski definition) is 3. The molecule has 1 atom stereocenters. The molecule has 2 heterocycles. The summed E-state index contributed by atoms with van der Waals surface area (Å²) in [6, 6.07) is 9.06.